The highest BCUT2D eigenvalue weighted by molar-refractivity contribution is 9.10. The number of hydrogen-bond donors (Lipinski definition) is 1. The zero-order chi connectivity index (χ0) is 14.4. The van der Waals surface area contributed by atoms with Crippen LogP contribution in [0.25, 0.3) is 0 Å². The molecule has 0 amide bonds. The molecular weight excluding hydrogens is 312 g/mol. The van der Waals surface area contributed by atoms with E-state index in [2.05, 4.69) is 52.0 Å². The van der Waals surface area contributed by atoms with E-state index in [9.17, 15) is 0 Å². The zero-order valence-corrected chi connectivity index (χ0v) is 14.2. The molecular formula is C17H27BrN2. The summed E-state index contributed by atoms with van der Waals surface area (Å²) in [7, 11) is 0. The van der Waals surface area contributed by atoms with Crippen LogP contribution < -0.4 is 5.73 Å². The lowest BCUT2D eigenvalue weighted by atomic mass is 9.89. The van der Waals surface area contributed by atoms with Gasteiger partial charge in [-0.2, -0.15) is 0 Å². The van der Waals surface area contributed by atoms with Crippen LogP contribution in [0.5, 0.6) is 0 Å². The first-order valence-electron chi connectivity index (χ1n) is 7.84. The lowest BCUT2D eigenvalue weighted by Gasteiger charge is -2.42. The molecule has 1 unspecified atom stereocenters. The van der Waals surface area contributed by atoms with Gasteiger partial charge in [-0.1, -0.05) is 47.3 Å². The van der Waals surface area contributed by atoms with Crippen molar-refractivity contribution in [3.8, 4) is 0 Å². The van der Waals surface area contributed by atoms with E-state index in [1.807, 2.05) is 0 Å². The molecule has 2 N–H and O–H groups in total. The standard InChI is InChI=1S/C17H27BrN2/c1-17(14-19,13-15-7-9-16(18)10-8-15)20-11-5-3-2-4-6-12-20/h7-10H,2-6,11-14,19H2,1H3. The minimum absolute atomic E-state index is 0.0885. The van der Waals surface area contributed by atoms with Crippen molar-refractivity contribution in [3.63, 3.8) is 0 Å². The molecule has 2 rings (SSSR count). The molecule has 1 fully saturated rings. The minimum atomic E-state index is 0.0885. The van der Waals surface area contributed by atoms with Crippen LogP contribution >= 0.6 is 15.9 Å². The summed E-state index contributed by atoms with van der Waals surface area (Å²) in [5.41, 5.74) is 7.62. The van der Waals surface area contributed by atoms with Crippen molar-refractivity contribution in [2.75, 3.05) is 19.6 Å². The van der Waals surface area contributed by atoms with E-state index in [1.165, 1.54) is 50.8 Å². The Bertz CT molecular complexity index is 396. The minimum Gasteiger partial charge on any atom is -0.329 e. The van der Waals surface area contributed by atoms with Crippen molar-refractivity contribution in [1.29, 1.82) is 0 Å². The molecule has 0 spiro atoms. The Morgan fingerprint density at radius 1 is 1.05 bits per heavy atom. The third-order valence-corrected chi connectivity index (χ3v) is 5.09. The highest BCUT2D eigenvalue weighted by Crippen LogP contribution is 2.24. The fourth-order valence-electron chi connectivity index (χ4n) is 3.14. The molecule has 0 aliphatic carbocycles. The number of hydrogen-bond acceptors (Lipinski definition) is 2. The average molecular weight is 339 g/mol. The molecule has 112 valence electrons. The Balaban J connectivity index is 2.07. The maximum atomic E-state index is 6.15. The van der Waals surface area contributed by atoms with Gasteiger partial charge in [-0.05, 0) is 57.0 Å². The molecule has 1 aromatic carbocycles. The van der Waals surface area contributed by atoms with Crippen LogP contribution in [0.2, 0.25) is 0 Å². The number of rotatable bonds is 4. The van der Waals surface area contributed by atoms with Gasteiger partial charge < -0.3 is 5.73 Å². The Hall–Kier alpha value is -0.380. The van der Waals surface area contributed by atoms with Gasteiger partial charge in [-0.15, -0.1) is 0 Å². The summed E-state index contributed by atoms with van der Waals surface area (Å²) in [6, 6.07) is 8.67. The lowest BCUT2D eigenvalue weighted by molar-refractivity contribution is 0.0990. The molecule has 1 aliphatic heterocycles. The number of likely N-dealkylation sites (tertiary alicyclic amines) is 1. The summed E-state index contributed by atoms with van der Waals surface area (Å²) < 4.78 is 1.14. The molecule has 1 heterocycles. The van der Waals surface area contributed by atoms with Crippen molar-refractivity contribution >= 4 is 15.9 Å². The van der Waals surface area contributed by atoms with Gasteiger partial charge in [0, 0.05) is 16.6 Å². The van der Waals surface area contributed by atoms with Gasteiger partial charge in [0.1, 0.15) is 0 Å². The van der Waals surface area contributed by atoms with Crippen molar-refractivity contribution in [1.82, 2.24) is 4.90 Å². The highest BCUT2D eigenvalue weighted by atomic mass is 79.9. The maximum absolute atomic E-state index is 6.15. The van der Waals surface area contributed by atoms with Gasteiger partial charge in [0.15, 0.2) is 0 Å². The maximum Gasteiger partial charge on any atom is 0.0343 e. The molecule has 0 aromatic heterocycles. The van der Waals surface area contributed by atoms with Gasteiger partial charge in [0.2, 0.25) is 0 Å². The van der Waals surface area contributed by atoms with E-state index < -0.39 is 0 Å². The van der Waals surface area contributed by atoms with E-state index in [0.29, 0.717) is 0 Å². The predicted molar refractivity (Wildman–Crippen MR) is 90.0 cm³/mol. The molecule has 1 saturated heterocycles. The molecule has 0 bridgehead atoms. The van der Waals surface area contributed by atoms with E-state index in [-0.39, 0.29) is 5.54 Å². The summed E-state index contributed by atoms with van der Waals surface area (Å²) in [4.78, 5) is 2.63. The molecule has 20 heavy (non-hydrogen) atoms. The summed E-state index contributed by atoms with van der Waals surface area (Å²) in [5.74, 6) is 0. The van der Waals surface area contributed by atoms with E-state index >= 15 is 0 Å². The van der Waals surface area contributed by atoms with Gasteiger partial charge in [-0.25, -0.2) is 0 Å². The molecule has 0 saturated carbocycles. The number of nitrogens with zero attached hydrogens (tertiary/aromatic N) is 1. The second kappa shape index (κ2) is 7.58. The predicted octanol–water partition coefficient (Wildman–Crippen LogP) is 3.98. The average Bonchev–Trinajstić information content (AvgIpc) is 2.41. The van der Waals surface area contributed by atoms with Gasteiger partial charge in [0.05, 0.1) is 0 Å². The van der Waals surface area contributed by atoms with Gasteiger partial charge in [0.25, 0.3) is 0 Å². The van der Waals surface area contributed by atoms with Crippen molar-refractivity contribution < 1.29 is 0 Å². The monoisotopic (exact) mass is 338 g/mol. The van der Waals surface area contributed by atoms with Crippen LogP contribution in [-0.4, -0.2) is 30.1 Å². The van der Waals surface area contributed by atoms with Crippen molar-refractivity contribution in [2.45, 2.75) is 51.0 Å². The number of benzene rings is 1. The Morgan fingerprint density at radius 3 is 2.15 bits per heavy atom. The lowest BCUT2D eigenvalue weighted by Crippen LogP contribution is -2.54. The fourth-order valence-corrected chi connectivity index (χ4v) is 3.41. The third-order valence-electron chi connectivity index (χ3n) is 4.56. The normalized spacial score (nSPS) is 20.9. The van der Waals surface area contributed by atoms with Crippen molar-refractivity contribution in [3.05, 3.63) is 34.3 Å². The topological polar surface area (TPSA) is 29.3 Å². The van der Waals surface area contributed by atoms with E-state index in [1.54, 1.807) is 0 Å². The van der Waals surface area contributed by atoms with Crippen LogP contribution in [0.3, 0.4) is 0 Å². The summed E-state index contributed by atoms with van der Waals surface area (Å²) in [6.45, 7) is 5.45. The highest BCUT2D eigenvalue weighted by Gasteiger charge is 2.30. The van der Waals surface area contributed by atoms with Crippen LogP contribution in [0.4, 0.5) is 0 Å². The van der Waals surface area contributed by atoms with Crippen LogP contribution in [0.1, 0.15) is 44.6 Å². The third kappa shape index (κ3) is 4.31. The molecule has 1 atom stereocenters. The first-order chi connectivity index (χ1) is 9.64. The largest absolute Gasteiger partial charge is 0.329 e. The van der Waals surface area contributed by atoms with Crippen LogP contribution in [0, 0.1) is 0 Å². The summed E-state index contributed by atoms with van der Waals surface area (Å²) >= 11 is 3.50. The first-order valence-corrected chi connectivity index (χ1v) is 8.63. The zero-order valence-electron chi connectivity index (χ0n) is 12.6. The van der Waals surface area contributed by atoms with E-state index in [4.69, 9.17) is 5.73 Å². The van der Waals surface area contributed by atoms with Crippen LogP contribution in [0.15, 0.2) is 28.7 Å². The second-order valence-corrected chi connectivity index (χ2v) is 7.17. The Labute approximate surface area is 131 Å². The molecule has 1 aromatic rings. The van der Waals surface area contributed by atoms with Crippen LogP contribution in [-0.2, 0) is 6.42 Å². The molecule has 2 nitrogen and oxygen atoms in total. The second-order valence-electron chi connectivity index (χ2n) is 6.26. The number of nitrogens with two attached hydrogens (primary N) is 1. The Kier molecular flexibility index (Phi) is 6.06. The first kappa shape index (κ1) is 16.0. The van der Waals surface area contributed by atoms with Crippen molar-refractivity contribution in [2.24, 2.45) is 5.73 Å². The molecule has 0 radical (unpaired) electrons. The summed E-state index contributed by atoms with van der Waals surface area (Å²) in [5, 5.41) is 0. The van der Waals surface area contributed by atoms with Gasteiger partial charge >= 0.3 is 0 Å². The Morgan fingerprint density at radius 2 is 1.60 bits per heavy atom. The molecule has 1 aliphatic rings. The number of halogens is 1. The summed E-state index contributed by atoms with van der Waals surface area (Å²) in [6.07, 6.45) is 7.81. The quantitative estimate of drug-likeness (QED) is 0.899. The molecule has 3 heteroatoms. The SMILES string of the molecule is CC(CN)(Cc1ccc(Br)cc1)N1CCCCCCC1. The van der Waals surface area contributed by atoms with Gasteiger partial charge in [-0.3, -0.25) is 4.90 Å². The fraction of sp³-hybridized carbons (Fsp3) is 0.647. The van der Waals surface area contributed by atoms with E-state index in [0.717, 1.165) is 17.4 Å². The smallest absolute Gasteiger partial charge is 0.0343 e.